The molecule has 1 unspecified atom stereocenters. The van der Waals surface area contributed by atoms with Gasteiger partial charge in [0.15, 0.2) is 5.96 Å². The van der Waals surface area contributed by atoms with Crippen LogP contribution in [-0.4, -0.2) is 80.1 Å². The van der Waals surface area contributed by atoms with Crippen molar-refractivity contribution >= 4 is 41.3 Å². The Bertz CT molecular complexity index is 507. The van der Waals surface area contributed by atoms with Gasteiger partial charge >= 0.3 is 0 Å². The first-order valence-electron chi connectivity index (χ1n) is 8.40. The smallest absolute Gasteiger partial charge is 0.191 e. The van der Waals surface area contributed by atoms with Gasteiger partial charge in [0, 0.05) is 50.6 Å². The Balaban J connectivity index is 0.00000288. The number of hydrogen-bond acceptors (Lipinski definition) is 5. The van der Waals surface area contributed by atoms with Crippen molar-refractivity contribution in [2.45, 2.75) is 26.3 Å². The van der Waals surface area contributed by atoms with Gasteiger partial charge in [-0.2, -0.15) is 0 Å². The van der Waals surface area contributed by atoms with Gasteiger partial charge in [0.1, 0.15) is 0 Å². The molecule has 0 radical (unpaired) electrons. The predicted octanol–water partition coefficient (Wildman–Crippen LogP) is 1.41. The second-order valence-corrected chi connectivity index (χ2v) is 7.21. The number of aryl methyl sites for hydroxylation is 1. The van der Waals surface area contributed by atoms with E-state index in [0.29, 0.717) is 6.04 Å². The SMILES string of the molecule is CCNC(=NCC1CN(C)CCN1C)NCCc1csc(C)n1.I. The Morgan fingerprint density at radius 1 is 1.38 bits per heavy atom. The summed E-state index contributed by atoms with van der Waals surface area (Å²) in [6.45, 7) is 10.0. The van der Waals surface area contributed by atoms with Crippen molar-refractivity contribution in [1.29, 1.82) is 0 Å². The van der Waals surface area contributed by atoms with Crippen LogP contribution < -0.4 is 10.6 Å². The zero-order valence-electron chi connectivity index (χ0n) is 15.2. The van der Waals surface area contributed by atoms with Gasteiger partial charge in [0.2, 0.25) is 0 Å². The molecule has 0 spiro atoms. The van der Waals surface area contributed by atoms with Crippen molar-refractivity contribution in [1.82, 2.24) is 25.4 Å². The summed E-state index contributed by atoms with van der Waals surface area (Å²) in [6.07, 6.45) is 0.931. The van der Waals surface area contributed by atoms with E-state index in [1.807, 2.05) is 6.92 Å². The Hall–Kier alpha value is -0.450. The molecular weight excluding hydrogens is 435 g/mol. The number of aromatic nitrogens is 1. The fourth-order valence-corrected chi connectivity index (χ4v) is 3.32. The van der Waals surface area contributed by atoms with Crippen LogP contribution in [0, 0.1) is 6.92 Å². The third kappa shape index (κ3) is 7.20. The molecule has 138 valence electrons. The number of likely N-dealkylation sites (N-methyl/N-ethyl adjacent to an activating group) is 2. The molecule has 1 aromatic heterocycles. The fourth-order valence-electron chi connectivity index (χ4n) is 2.67. The van der Waals surface area contributed by atoms with Crippen molar-refractivity contribution < 1.29 is 0 Å². The molecule has 1 atom stereocenters. The van der Waals surface area contributed by atoms with E-state index >= 15 is 0 Å². The lowest BCUT2D eigenvalue weighted by Crippen LogP contribution is -2.51. The van der Waals surface area contributed by atoms with Gasteiger partial charge in [-0.1, -0.05) is 0 Å². The number of aliphatic imine (C=N–C) groups is 1. The van der Waals surface area contributed by atoms with Gasteiger partial charge in [0.05, 0.1) is 17.2 Å². The largest absolute Gasteiger partial charge is 0.357 e. The Kier molecular flexibility index (Phi) is 10.1. The zero-order chi connectivity index (χ0) is 16.7. The first-order valence-corrected chi connectivity index (χ1v) is 9.28. The minimum Gasteiger partial charge on any atom is -0.357 e. The number of guanidine groups is 1. The van der Waals surface area contributed by atoms with Crippen LogP contribution in [0.15, 0.2) is 10.4 Å². The molecular formula is C16H31IN6S. The Labute approximate surface area is 167 Å². The average Bonchev–Trinajstić information content (AvgIpc) is 2.93. The summed E-state index contributed by atoms with van der Waals surface area (Å²) in [4.78, 5) is 14.1. The van der Waals surface area contributed by atoms with Crippen molar-refractivity contribution in [3.63, 3.8) is 0 Å². The highest BCUT2D eigenvalue weighted by Gasteiger charge is 2.21. The van der Waals surface area contributed by atoms with Gasteiger partial charge in [0.25, 0.3) is 0 Å². The average molecular weight is 466 g/mol. The molecule has 0 aromatic carbocycles. The molecule has 0 saturated carbocycles. The summed E-state index contributed by atoms with van der Waals surface area (Å²) in [7, 11) is 4.38. The van der Waals surface area contributed by atoms with Crippen LogP contribution in [0.2, 0.25) is 0 Å². The molecule has 8 heteroatoms. The molecule has 1 aromatic rings. The van der Waals surface area contributed by atoms with Crippen molar-refractivity contribution in [3.8, 4) is 0 Å². The van der Waals surface area contributed by atoms with Crippen molar-refractivity contribution in [2.75, 3.05) is 53.4 Å². The summed E-state index contributed by atoms with van der Waals surface area (Å²) in [6, 6.07) is 0.491. The molecule has 1 fully saturated rings. The van der Waals surface area contributed by atoms with Crippen molar-refractivity contribution in [3.05, 3.63) is 16.1 Å². The van der Waals surface area contributed by atoms with E-state index in [4.69, 9.17) is 4.99 Å². The molecule has 0 aliphatic carbocycles. The summed E-state index contributed by atoms with van der Waals surface area (Å²) in [5, 5.41) is 10.0. The molecule has 2 rings (SSSR count). The van der Waals surface area contributed by atoms with Crippen LogP contribution in [-0.2, 0) is 6.42 Å². The third-order valence-electron chi connectivity index (χ3n) is 4.12. The Morgan fingerprint density at radius 2 is 2.17 bits per heavy atom. The van der Waals surface area contributed by atoms with E-state index in [9.17, 15) is 0 Å². The minimum atomic E-state index is 0. The Morgan fingerprint density at radius 3 is 2.83 bits per heavy atom. The highest BCUT2D eigenvalue weighted by Crippen LogP contribution is 2.08. The zero-order valence-corrected chi connectivity index (χ0v) is 18.4. The van der Waals surface area contributed by atoms with E-state index in [1.165, 1.54) is 0 Å². The molecule has 1 aliphatic heterocycles. The summed E-state index contributed by atoms with van der Waals surface area (Å²) >= 11 is 1.71. The fraction of sp³-hybridized carbons (Fsp3) is 0.750. The van der Waals surface area contributed by atoms with Gasteiger partial charge < -0.3 is 15.5 Å². The first-order chi connectivity index (χ1) is 11.1. The first kappa shape index (κ1) is 21.6. The number of hydrogen-bond donors (Lipinski definition) is 2. The number of piperazine rings is 1. The molecule has 2 N–H and O–H groups in total. The number of nitrogens with one attached hydrogen (secondary N) is 2. The highest BCUT2D eigenvalue weighted by atomic mass is 127. The van der Waals surface area contributed by atoms with E-state index in [0.717, 1.165) is 62.4 Å². The molecule has 6 nitrogen and oxygen atoms in total. The molecule has 1 aliphatic rings. The second-order valence-electron chi connectivity index (χ2n) is 6.15. The van der Waals surface area contributed by atoms with Crippen molar-refractivity contribution in [2.24, 2.45) is 4.99 Å². The second kappa shape index (κ2) is 11.2. The molecule has 0 amide bonds. The maximum absolute atomic E-state index is 4.77. The lowest BCUT2D eigenvalue weighted by atomic mass is 10.2. The van der Waals surface area contributed by atoms with Gasteiger partial charge in [-0.25, -0.2) is 4.98 Å². The molecule has 2 heterocycles. The normalized spacial score (nSPS) is 19.8. The third-order valence-corrected chi connectivity index (χ3v) is 4.95. The maximum atomic E-state index is 4.77. The number of thiazole rings is 1. The number of halogens is 1. The van der Waals surface area contributed by atoms with Crippen LogP contribution in [0.5, 0.6) is 0 Å². The van der Waals surface area contributed by atoms with E-state index < -0.39 is 0 Å². The van der Waals surface area contributed by atoms with Crippen LogP contribution in [0.4, 0.5) is 0 Å². The van der Waals surface area contributed by atoms with Crippen LogP contribution in [0.1, 0.15) is 17.6 Å². The molecule has 0 bridgehead atoms. The lowest BCUT2D eigenvalue weighted by molar-refractivity contribution is 0.119. The van der Waals surface area contributed by atoms with Gasteiger partial charge in [-0.05, 0) is 27.9 Å². The van der Waals surface area contributed by atoms with E-state index in [-0.39, 0.29) is 24.0 Å². The summed E-state index contributed by atoms with van der Waals surface area (Å²) < 4.78 is 0. The standard InChI is InChI=1S/C16H30N6S.HI/c1-5-17-16(18-7-6-14-12-23-13(2)20-14)19-10-15-11-21(3)8-9-22(15)4;/h12,15H,5-11H2,1-4H3,(H2,17,18,19);1H. The summed E-state index contributed by atoms with van der Waals surface area (Å²) in [5.74, 6) is 0.904. The molecule has 24 heavy (non-hydrogen) atoms. The van der Waals surface area contributed by atoms with Gasteiger partial charge in [-0.3, -0.25) is 9.89 Å². The van der Waals surface area contributed by atoms with E-state index in [2.05, 4.69) is 51.8 Å². The van der Waals surface area contributed by atoms with Crippen LogP contribution >= 0.6 is 35.3 Å². The van der Waals surface area contributed by atoms with Crippen LogP contribution in [0.25, 0.3) is 0 Å². The van der Waals surface area contributed by atoms with E-state index in [1.54, 1.807) is 11.3 Å². The molecule has 1 saturated heterocycles. The monoisotopic (exact) mass is 466 g/mol. The predicted molar refractivity (Wildman–Crippen MR) is 114 cm³/mol. The summed E-state index contributed by atoms with van der Waals surface area (Å²) in [5.41, 5.74) is 1.16. The number of rotatable bonds is 6. The maximum Gasteiger partial charge on any atom is 0.191 e. The van der Waals surface area contributed by atoms with Crippen LogP contribution in [0.3, 0.4) is 0 Å². The highest BCUT2D eigenvalue weighted by molar-refractivity contribution is 14.0. The minimum absolute atomic E-state index is 0. The topological polar surface area (TPSA) is 55.8 Å². The quantitative estimate of drug-likeness (QED) is 0.378. The number of nitrogens with zero attached hydrogens (tertiary/aromatic N) is 4. The van der Waals surface area contributed by atoms with Gasteiger partial charge in [-0.15, -0.1) is 35.3 Å². The lowest BCUT2D eigenvalue weighted by Gasteiger charge is -2.36.